The van der Waals surface area contributed by atoms with Crippen molar-refractivity contribution >= 4 is 17.2 Å². The molecule has 1 unspecified atom stereocenters. The maximum absolute atomic E-state index is 11.9. The third kappa shape index (κ3) is 3.82. The summed E-state index contributed by atoms with van der Waals surface area (Å²) in [6.45, 7) is 4.95. The van der Waals surface area contributed by atoms with E-state index in [1.807, 2.05) is 0 Å². The summed E-state index contributed by atoms with van der Waals surface area (Å²) in [5.74, 6) is 0.715. The summed E-state index contributed by atoms with van der Waals surface area (Å²) in [5, 5.41) is 8.50. The van der Waals surface area contributed by atoms with E-state index in [-0.39, 0.29) is 5.91 Å². The van der Waals surface area contributed by atoms with Crippen molar-refractivity contribution in [3.8, 4) is 0 Å². The number of piperidine rings is 1. The van der Waals surface area contributed by atoms with Gasteiger partial charge in [0, 0.05) is 11.3 Å². The zero-order valence-electron chi connectivity index (χ0n) is 11.0. The summed E-state index contributed by atoms with van der Waals surface area (Å²) in [4.78, 5) is 13.2. The molecule has 0 bridgehead atoms. The predicted octanol–water partition coefficient (Wildman–Crippen LogP) is 2.32. The van der Waals surface area contributed by atoms with Crippen LogP contribution in [0.4, 0.5) is 0 Å². The summed E-state index contributed by atoms with van der Waals surface area (Å²) in [5.41, 5.74) is 1.36. The number of hydrogen-bond acceptors (Lipinski definition) is 3. The van der Waals surface area contributed by atoms with Crippen LogP contribution < -0.4 is 10.6 Å². The van der Waals surface area contributed by atoms with Crippen LogP contribution >= 0.6 is 11.3 Å². The van der Waals surface area contributed by atoms with Crippen LogP contribution in [-0.2, 0) is 17.8 Å². The summed E-state index contributed by atoms with van der Waals surface area (Å²) >= 11 is 1.74. The van der Waals surface area contributed by atoms with E-state index < -0.39 is 0 Å². The zero-order chi connectivity index (χ0) is 12.8. The van der Waals surface area contributed by atoms with Crippen molar-refractivity contribution in [1.29, 1.82) is 0 Å². The fraction of sp³-hybridized carbons (Fsp3) is 0.643. The number of thiophene rings is 1. The van der Waals surface area contributed by atoms with Gasteiger partial charge in [0.15, 0.2) is 0 Å². The molecular weight excluding hydrogens is 244 g/mol. The van der Waals surface area contributed by atoms with Gasteiger partial charge in [-0.3, -0.25) is 4.79 Å². The quantitative estimate of drug-likeness (QED) is 0.858. The summed E-state index contributed by atoms with van der Waals surface area (Å²) in [6.07, 6.45) is 4.09. The Morgan fingerprint density at radius 3 is 3.22 bits per heavy atom. The molecule has 1 aliphatic rings. The predicted molar refractivity (Wildman–Crippen MR) is 75.8 cm³/mol. The van der Waals surface area contributed by atoms with E-state index in [9.17, 15) is 4.79 Å². The second kappa shape index (κ2) is 6.90. The monoisotopic (exact) mass is 266 g/mol. The van der Waals surface area contributed by atoms with Crippen molar-refractivity contribution in [3.63, 3.8) is 0 Å². The lowest BCUT2D eigenvalue weighted by molar-refractivity contribution is -0.122. The molecule has 0 aliphatic carbocycles. The fourth-order valence-electron chi connectivity index (χ4n) is 2.45. The highest BCUT2D eigenvalue weighted by atomic mass is 32.1. The highest BCUT2D eigenvalue weighted by Gasteiger charge is 2.16. The maximum atomic E-state index is 11.9. The molecule has 1 atom stereocenters. The molecule has 2 N–H and O–H groups in total. The fourth-order valence-corrected chi connectivity index (χ4v) is 3.36. The average molecular weight is 266 g/mol. The molecule has 1 saturated heterocycles. The number of carbonyl (C=O) groups is 1. The summed E-state index contributed by atoms with van der Waals surface area (Å²) in [6, 6.07) is 2.15. The second-order valence-corrected chi connectivity index (χ2v) is 5.92. The first-order valence-corrected chi connectivity index (χ1v) is 7.70. The SMILES string of the molecule is CCc1ccsc1CNC(=O)CC1CCCNC1. The number of amides is 1. The summed E-state index contributed by atoms with van der Waals surface area (Å²) in [7, 11) is 0. The van der Waals surface area contributed by atoms with Crippen LogP contribution in [0.1, 0.15) is 36.6 Å². The van der Waals surface area contributed by atoms with E-state index in [0.717, 1.165) is 19.5 Å². The Kier molecular flexibility index (Phi) is 5.20. The van der Waals surface area contributed by atoms with Crippen LogP contribution in [0, 0.1) is 5.92 Å². The molecule has 0 saturated carbocycles. The number of hydrogen-bond donors (Lipinski definition) is 2. The molecule has 4 heteroatoms. The normalized spacial score (nSPS) is 19.7. The lowest BCUT2D eigenvalue weighted by atomic mass is 9.96. The van der Waals surface area contributed by atoms with Crippen molar-refractivity contribution in [2.45, 2.75) is 39.2 Å². The molecule has 1 fully saturated rings. The second-order valence-electron chi connectivity index (χ2n) is 4.92. The minimum atomic E-state index is 0.194. The van der Waals surface area contributed by atoms with Gasteiger partial charge in [-0.25, -0.2) is 0 Å². The van der Waals surface area contributed by atoms with E-state index in [4.69, 9.17) is 0 Å². The van der Waals surface area contributed by atoms with Crippen molar-refractivity contribution in [3.05, 3.63) is 21.9 Å². The van der Waals surface area contributed by atoms with Crippen LogP contribution in [0.15, 0.2) is 11.4 Å². The van der Waals surface area contributed by atoms with E-state index >= 15 is 0 Å². The Morgan fingerprint density at radius 2 is 2.50 bits per heavy atom. The first-order valence-electron chi connectivity index (χ1n) is 6.82. The minimum Gasteiger partial charge on any atom is -0.351 e. The van der Waals surface area contributed by atoms with Gasteiger partial charge < -0.3 is 10.6 Å². The van der Waals surface area contributed by atoms with Gasteiger partial charge in [0.2, 0.25) is 5.91 Å². The van der Waals surface area contributed by atoms with Crippen LogP contribution in [0.25, 0.3) is 0 Å². The van der Waals surface area contributed by atoms with Crippen LogP contribution in [0.3, 0.4) is 0 Å². The first-order chi connectivity index (χ1) is 8.79. The molecule has 1 aromatic heterocycles. The van der Waals surface area contributed by atoms with E-state index in [0.29, 0.717) is 18.9 Å². The Balaban J connectivity index is 1.74. The van der Waals surface area contributed by atoms with E-state index in [2.05, 4.69) is 29.0 Å². The third-order valence-electron chi connectivity index (χ3n) is 3.54. The Bertz CT molecular complexity index is 383. The van der Waals surface area contributed by atoms with Crippen LogP contribution in [0.5, 0.6) is 0 Å². The molecule has 0 radical (unpaired) electrons. The van der Waals surface area contributed by atoms with Gasteiger partial charge in [0.05, 0.1) is 6.54 Å². The van der Waals surface area contributed by atoms with Gasteiger partial charge >= 0.3 is 0 Å². The topological polar surface area (TPSA) is 41.1 Å². The number of rotatable bonds is 5. The van der Waals surface area contributed by atoms with Gasteiger partial charge in [-0.1, -0.05) is 6.92 Å². The first kappa shape index (κ1) is 13.6. The molecule has 2 rings (SSSR count). The van der Waals surface area contributed by atoms with Crippen molar-refractivity contribution in [2.24, 2.45) is 5.92 Å². The summed E-state index contributed by atoms with van der Waals surface area (Å²) < 4.78 is 0. The number of nitrogens with one attached hydrogen (secondary N) is 2. The Labute approximate surface area is 113 Å². The van der Waals surface area contributed by atoms with Gasteiger partial charge in [-0.05, 0) is 55.3 Å². The third-order valence-corrected chi connectivity index (χ3v) is 4.50. The smallest absolute Gasteiger partial charge is 0.220 e. The van der Waals surface area contributed by atoms with Gasteiger partial charge in [-0.15, -0.1) is 11.3 Å². The highest BCUT2D eigenvalue weighted by molar-refractivity contribution is 7.10. The number of carbonyl (C=O) groups excluding carboxylic acids is 1. The molecule has 0 aromatic carbocycles. The Hall–Kier alpha value is -0.870. The van der Waals surface area contributed by atoms with Crippen LogP contribution in [-0.4, -0.2) is 19.0 Å². The largest absolute Gasteiger partial charge is 0.351 e. The molecule has 3 nitrogen and oxygen atoms in total. The number of aryl methyl sites for hydroxylation is 1. The molecule has 100 valence electrons. The average Bonchev–Trinajstić information content (AvgIpc) is 2.85. The van der Waals surface area contributed by atoms with Gasteiger partial charge in [0.1, 0.15) is 0 Å². The standard InChI is InChI=1S/C14H22N2OS/c1-2-12-5-7-18-13(12)10-16-14(17)8-11-4-3-6-15-9-11/h5,7,11,15H,2-4,6,8-10H2,1H3,(H,16,17). The molecule has 18 heavy (non-hydrogen) atoms. The van der Waals surface area contributed by atoms with Crippen molar-refractivity contribution in [1.82, 2.24) is 10.6 Å². The molecule has 2 heterocycles. The van der Waals surface area contributed by atoms with Crippen molar-refractivity contribution < 1.29 is 4.79 Å². The zero-order valence-corrected chi connectivity index (χ0v) is 11.8. The van der Waals surface area contributed by atoms with Gasteiger partial charge in [-0.2, -0.15) is 0 Å². The lowest BCUT2D eigenvalue weighted by Gasteiger charge is -2.22. The lowest BCUT2D eigenvalue weighted by Crippen LogP contribution is -2.34. The highest BCUT2D eigenvalue weighted by Crippen LogP contribution is 2.17. The van der Waals surface area contributed by atoms with Crippen molar-refractivity contribution in [2.75, 3.05) is 13.1 Å². The maximum Gasteiger partial charge on any atom is 0.220 e. The molecule has 1 amide bonds. The molecule has 0 spiro atoms. The molecule has 1 aliphatic heterocycles. The Morgan fingerprint density at radius 1 is 1.61 bits per heavy atom. The van der Waals surface area contributed by atoms with Crippen LogP contribution in [0.2, 0.25) is 0 Å². The van der Waals surface area contributed by atoms with E-state index in [1.54, 1.807) is 11.3 Å². The van der Waals surface area contributed by atoms with E-state index in [1.165, 1.54) is 23.3 Å². The molecular formula is C14H22N2OS. The minimum absolute atomic E-state index is 0.194. The van der Waals surface area contributed by atoms with Gasteiger partial charge in [0.25, 0.3) is 0 Å². The molecule has 1 aromatic rings.